The van der Waals surface area contributed by atoms with Crippen LogP contribution in [0.3, 0.4) is 0 Å². The van der Waals surface area contributed by atoms with Crippen molar-refractivity contribution in [2.24, 2.45) is 5.73 Å². The molecule has 0 rings (SSSR count). The van der Waals surface area contributed by atoms with Gasteiger partial charge in [0.05, 0.1) is 12.6 Å². The van der Waals surface area contributed by atoms with Gasteiger partial charge in [0.25, 0.3) is 0 Å². The molecule has 0 fully saturated rings. The Labute approximate surface area is 69.2 Å². The largest absolute Gasteiger partial charge is 0.394 e. The standard InChI is InChI=1S/C6H13NO5/c7-5(3(10)1-8)6(12)4(11)2-9/h1,3-6,9-12H,2,7H2. The molecule has 6 nitrogen and oxygen atoms in total. The van der Waals surface area contributed by atoms with E-state index in [-0.39, 0.29) is 6.29 Å². The molecule has 0 aromatic heterocycles. The Kier molecular flexibility index (Phi) is 4.95. The molecule has 0 saturated carbocycles. The van der Waals surface area contributed by atoms with Gasteiger partial charge in [0.15, 0.2) is 0 Å². The summed E-state index contributed by atoms with van der Waals surface area (Å²) in [5, 5.41) is 35.0. The molecular formula is C6H13NO5. The maximum Gasteiger partial charge on any atom is 0.150 e. The van der Waals surface area contributed by atoms with Crippen molar-refractivity contribution in [1.29, 1.82) is 0 Å². The third kappa shape index (κ3) is 2.84. The van der Waals surface area contributed by atoms with Crippen LogP contribution in [-0.4, -0.2) is 57.7 Å². The van der Waals surface area contributed by atoms with Crippen LogP contribution in [0.2, 0.25) is 0 Å². The molecule has 0 aromatic rings. The zero-order chi connectivity index (χ0) is 9.72. The maximum atomic E-state index is 9.98. The molecule has 6 N–H and O–H groups in total. The lowest BCUT2D eigenvalue weighted by molar-refractivity contribution is -0.119. The monoisotopic (exact) mass is 179 g/mol. The van der Waals surface area contributed by atoms with E-state index in [0.717, 1.165) is 0 Å². The van der Waals surface area contributed by atoms with Crippen LogP contribution in [0.15, 0.2) is 0 Å². The first-order chi connectivity index (χ1) is 5.54. The number of aliphatic hydroxyl groups excluding tert-OH is 4. The van der Waals surface area contributed by atoms with Crippen molar-refractivity contribution in [3.8, 4) is 0 Å². The molecule has 0 saturated heterocycles. The van der Waals surface area contributed by atoms with Gasteiger partial charge in [-0.3, -0.25) is 0 Å². The zero-order valence-electron chi connectivity index (χ0n) is 6.37. The van der Waals surface area contributed by atoms with Gasteiger partial charge >= 0.3 is 0 Å². The van der Waals surface area contributed by atoms with Gasteiger partial charge < -0.3 is 31.0 Å². The first-order valence-corrected chi connectivity index (χ1v) is 3.40. The fourth-order valence-electron chi connectivity index (χ4n) is 0.657. The second kappa shape index (κ2) is 5.18. The van der Waals surface area contributed by atoms with E-state index in [1.165, 1.54) is 0 Å². The summed E-state index contributed by atoms with van der Waals surface area (Å²) in [5.74, 6) is 0. The minimum atomic E-state index is -1.54. The van der Waals surface area contributed by atoms with E-state index in [2.05, 4.69) is 0 Å². The Morgan fingerprint density at radius 1 is 1.33 bits per heavy atom. The van der Waals surface area contributed by atoms with Gasteiger partial charge in [-0.15, -0.1) is 0 Å². The van der Waals surface area contributed by atoms with Crippen molar-refractivity contribution in [2.75, 3.05) is 6.61 Å². The zero-order valence-corrected chi connectivity index (χ0v) is 6.37. The fourth-order valence-corrected chi connectivity index (χ4v) is 0.657. The second-order valence-electron chi connectivity index (χ2n) is 2.44. The Morgan fingerprint density at radius 2 is 1.83 bits per heavy atom. The van der Waals surface area contributed by atoms with Gasteiger partial charge in [0.2, 0.25) is 0 Å². The van der Waals surface area contributed by atoms with Crippen molar-refractivity contribution >= 4 is 6.29 Å². The molecule has 0 radical (unpaired) electrons. The summed E-state index contributed by atoms with van der Waals surface area (Å²) in [6, 6.07) is -1.29. The van der Waals surface area contributed by atoms with E-state index in [0.29, 0.717) is 0 Å². The lowest BCUT2D eigenvalue weighted by atomic mass is 10.0. The number of aliphatic hydroxyl groups is 4. The van der Waals surface area contributed by atoms with Gasteiger partial charge in [-0.05, 0) is 0 Å². The minimum absolute atomic E-state index is 0.151. The summed E-state index contributed by atoms with van der Waals surface area (Å²) >= 11 is 0. The van der Waals surface area contributed by atoms with Crippen LogP contribution >= 0.6 is 0 Å². The predicted molar refractivity (Wildman–Crippen MR) is 39.1 cm³/mol. The number of carbonyl (C=O) groups excluding carboxylic acids is 1. The third-order valence-corrected chi connectivity index (χ3v) is 1.51. The van der Waals surface area contributed by atoms with Gasteiger partial charge in [-0.1, -0.05) is 0 Å². The number of carbonyl (C=O) groups is 1. The summed E-state index contributed by atoms with van der Waals surface area (Å²) in [6.07, 6.45) is -4.36. The predicted octanol–water partition coefficient (Wildman–Crippen LogP) is -3.41. The van der Waals surface area contributed by atoms with E-state index < -0.39 is 31.0 Å². The minimum Gasteiger partial charge on any atom is -0.394 e. The van der Waals surface area contributed by atoms with Crippen LogP contribution in [-0.2, 0) is 4.79 Å². The summed E-state index contributed by atoms with van der Waals surface area (Å²) in [7, 11) is 0. The molecule has 0 amide bonds. The lowest BCUT2D eigenvalue weighted by Crippen LogP contribution is -2.51. The average Bonchev–Trinajstić information content (AvgIpc) is 2.12. The molecule has 0 aliphatic heterocycles. The molecular weight excluding hydrogens is 166 g/mol. The molecule has 0 aliphatic rings. The summed E-state index contributed by atoms with van der Waals surface area (Å²) < 4.78 is 0. The summed E-state index contributed by atoms with van der Waals surface area (Å²) in [4.78, 5) is 9.98. The molecule has 4 atom stereocenters. The number of hydrogen-bond acceptors (Lipinski definition) is 6. The van der Waals surface area contributed by atoms with E-state index in [1.807, 2.05) is 0 Å². The van der Waals surface area contributed by atoms with E-state index >= 15 is 0 Å². The van der Waals surface area contributed by atoms with Crippen molar-refractivity contribution in [1.82, 2.24) is 0 Å². The van der Waals surface area contributed by atoms with Gasteiger partial charge in [0.1, 0.15) is 24.6 Å². The van der Waals surface area contributed by atoms with Gasteiger partial charge in [-0.2, -0.15) is 0 Å². The van der Waals surface area contributed by atoms with Crippen molar-refractivity contribution in [3.05, 3.63) is 0 Å². The van der Waals surface area contributed by atoms with Crippen LogP contribution in [0.4, 0.5) is 0 Å². The lowest BCUT2D eigenvalue weighted by Gasteiger charge is -2.23. The Morgan fingerprint density at radius 3 is 2.17 bits per heavy atom. The van der Waals surface area contributed by atoms with Crippen LogP contribution in [0.5, 0.6) is 0 Å². The highest BCUT2D eigenvalue weighted by atomic mass is 16.4. The van der Waals surface area contributed by atoms with Crippen LogP contribution < -0.4 is 5.73 Å². The maximum absolute atomic E-state index is 9.98. The molecule has 6 heteroatoms. The number of aldehydes is 1. The molecule has 0 bridgehead atoms. The molecule has 0 aromatic carbocycles. The third-order valence-electron chi connectivity index (χ3n) is 1.51. The van der Waals surface area contributed by atoms with Gasteiger partial charge in [0, 0.05) is 0 Å². The van der Waals surface area contributed by atoms with Crippen LogP contribution in [0.25, 0.3) is 0 Å². The van der Waals surface area contributed by atoms with Crippen LogP contribution in [0.1, 0.15) is 0 Å². The number of hydrogen-bond donors (Lipinski definition) is 5. The fraction of sp³-hybridized carbons (Fsp3) is 0.833. The molecule has 0 spiro atoms. The van der Waals surface area contributed by atoms with E-state index in [9.17, 15) is 4.79 Å². The molecule has 4 unspecified atom stereocenters. The van der Waals surface area contributed by atoms with Crippen molar-refractivity contribution in [2.45, 2.75) is 24.4 Å². The van der Waals surface area contributed by atoms with E-state index in [1.54, 1.807) is 0 Å². The second-order valence-corrected chi connectivity index (χ2v) is 2.44. The first kappa shape index (κ1) is 11.5. The highest BCUT2D eigenvalue weighted by Gasteiger charge is 2.27. The normalized spacial score (nSPS) is 21.1. The number of rotatable bonds is 5. The number of nitrogens with two attached hydrogens (primary N) is 1. The van der Waals surface area contributed by atoms with Gasteiger partial charge in [-0.25, -0.2) is 0 Å². The Bertz CT molecular complexity index is 142. The Balaban J connectivity index is 4.07. The van der Waals surface area contributed by atoms with Crippen LogP contribution in [0, 0.1) is 0 Å². The van der Waals surface area contributed by atoms with Crippen molar-refractivity contribution < 1.29 is 25.2 Å². The van der Waals surface area contributed by atoms with E-state index in [4.69, 9.17) is 26.2 Å². The quantitative estimate of drug-likeness (QED) is 0.280. The smallest absolute Gasteiger partial charge is 0.150 e. The molecule has 12 heavy (non-hydrogen) atoms. The molecule has 72 valence electrons. The summed E-state index contributed by atoms with van der Waals surface area (Å²) in [5.41, 5.74) is 5.15. The summed E-state index contributed by atoms with van der Waals surface area (Å²) in [6.45, 7) is -0.680. The first-order valence-electron chi connectivity index (χ1n) is 3.40. The SMILES string of the molecule is NC(C(O)C=O)C(O)C(O)CO. The topological polar surface area (TPSA) is 124 Å². The average molecular weight is 179 g/mol. The highest BCUT2D eigenvalue weighted by molar-refractivity contribution is 5.57. The highest BCUT2D eigenvalue weighted by Crippen LogP contribution is 2.00. The molecule has 0 aliphatic carbocycles. The molecule has 0 heterocycles. The van der Waals surface area contributed by atoms with Crippen molar-refractivity contribution in [3.63, 3.8) is 0 Å². The Hall–Kier alpha value is -0.530.